The normalized spacial score (nSPS) is 12.9. The summed E-state index contributed by atoms with van der Waals surface area (Å²) in [5.41, 5.74) is 0. The highest BCUT2D eigenvalue weighted by molar-refractivity contribution is 5.69. The minimum Gasteiger partial charge on any atom is -0.457 e. The molecule has 4 heteroatoms. The molecule has 0 aromatic carbocycles. The topological polar surface area (TPSA) is 55.8 Å². The van der Waals surface area contributed by atoms with E-state index in [9.17, 15) is 9.90 Å². The molecule has 0 aliphatic rings. The van der Waals surface area contributed by atoms with E-state index in [4.69, 9.17) is 9.47 Å². The molecule has 0 aliphatic carbocycles. The molecule has 0 aromatic rings. The fourth-order valence-corrected chi connectivity index (χ4v) is 4.92. The summed E-state index contributed by atoms with van der Waals surface area (Å²) in [4.78, 5) is 12.1. The van der Waals surface area contributed by atoms with Crippen molar-refractivity contribution in [3.8, 4) is 0 Å². The lowest BCUT2D eigenvalue weighted by atomic mass is 10.1. The summed E-state index contributed by atoms with van der Waals surface area (Å²) in [6.07, 6.45) is 45.8. The highest BCUT2D eigenvalue weighted by Gasteiger charge is 2.13. The zero-order chi connectivity index (χ0) is 31.3. The van der Waals surface area contributed by atoms with Gasteiger partial charge in [0.1, 0.15) is 6.10 Å². The van der Waals surface area contributed by atoms with Crippen molar-refractivity contribution in [2.75, 3.05) is 19.8 Å². The van der Waals surface area contributed by atoms with Crippen molar-refractivity contribution in [2.24, 2.45) is 0 Å². The zero-order valence-electron chi connectivity index (χ0n) is 28.5. The average Bonchev–Trinajstić information content (AvgIpc) is 3.01. The summed E-state index contributed by atoms with van der Waals surface area (Å²) in [7, 11) is 0. The van der Waals surface area contributed by atoms with E-state index in [1.165, 1.54) is 96.3 Å². The molecule has 0 saturated heterocycles. The molecule has 0 aromatic heterocycles. The molecule has 0 amide bonds. The number of carbonyl (C=O) groups is 1. The number of aliphatic hydroxyl groups excluding tert-OH is 1. The molecule has 0 radical (unpaired) electrons. The summed E-state index contributed by atoms with van der Waals surface area (Å²) in [5.74, 6) is -0.232. The molecule has 0 aliphatic heterocycles. The fourth-order valence-electron chi connectivity index (χ4n) is 4.92. The SMILES string of the molecule is CC/C=C\C/C=C\C/C=C\CCCCCC(=O)OC(CO)COCCCCCCCCCC/C=C\CCCCCCCC. The Labute approximate surface area is 267 Å². The number of rotatable bonds is 33. The Hall–Kier alpha value is -1.65. The van der Waals surface area contributed by atoms with Gasteiger partial charge in [-0.2, -0.15) is 0 Å². The van der Waals surface area contributed by atoms with Crippen molar-refractivity contribution < 1.29 is 19.4 Å². The first-order chi connectivity index (χ1) is 21.2. The van der Waals surface area contributed by atoms with Gasteiger partial charge < -0.3 is 14.6 Å². The van der Waals surface area contributed by atoms with Gasteiger partial charge in [-0.15, -0.1) is 0 Å². The predicted molar refractivity (Wildman–Crippen MR) is 187 cm³/mol. The van der Waals surface area contributed by atoms with Gasteiger partial charge in [0.15, 0.2) is 0 Å². The number of allylic oxidation sites excluding steroid dienone is 8. The van der Waals surface area contributed by atoms with Gasteiger partial charge in [0.2, 0.25) is 0 Å². The maximum atomic E-state index is 12.1. The molecule has 1 atom stereocenters. The molecule has 1 N–H and O–H groups in total. The fraction of sp³-hybridized carbons (Fsp3) is 0.769. The van der Waals surface area contributed by atoms with Crippen LogP contribution in [0.2, 0.25) is 0 Å². The Balaban J connectivity index is 3.48. The van der Waals surface area contributed by atoms with Crippen LogP contribution in [0.25, 0.3) is 0 Å². The van der Waals surface area contributed by atoms with Crippen molar-refractivity contribution in [3.05, 3.63) is 48.6 Å². The number of carbonyl (C=O) groups excluding carboxylic acids is 1. The Morgan fingerprint density at radius 3 is 1.60 bits per heavy atom. The zero-order valence-corrected chi connectivity index (χ0v) is 28.5. The van der Waals surface area contributed by atoms with Crippen LogP contribution in [0, 0.1) is 0 Å². The van der Waals surface area contributed by atoms with Gasteiger partial charge in [0, 0.05) is 13.0 Å². The number of ether oxygens (including phenoxy) is 2. The van der Waals surface area contributed by atoms with Gasteiger partial charge in [0.05, 0.1) is 13.2 Å². The molecule has 43 heavy (non-hydrogen) atoms. The molecule has 0 spiro atoms. The van der Waals surface area contributed by atoms with Gasteiger partial charge in [-0.3, -0.25) is 4.79 Å². The third-order valence-electron chi connectivity index (χ3n) is 7.64. The number of aliphatic hydroxyl groups is 1. The number of esters is 1. The summed E-state index contributed by atoms with van der Waals surface area (Å²) in [6, 6.07) is 0. The predicted octanol–water partition coefficient (Wildman–Crippen LogP) is 11.5. The monoisotopic (exact) mass is 603 g/mol. The van der Waals surface area contributed by atoms with Crippen LogP contribution >= 0.6 is 0 Å². The summed E-state index contributed by atoms with van der Waals surface area (Å²) in [5, 5.41) is 9.54. The largest absolute Gasteiger partial charge is 0.457 e. The van der Waals surface area contributed by atoms with E-state index in [0.29, 0.717) is 13.0 Å². The molecule has 0 heterocycles. The highest BCUT2D eigenvalue weighted by atomic mass is 16.6. The van der Waals surface area contributed by atoms with E-state index in [2.05, 4.69) is 62.5 Å². The van der Waals surface area contributed by atoms with Gasteiger partial charge in [-0.25, -0.2) is 0 Å². The number of hydrogen-bond donors (Lipinski definition) is 1. The second-order valence-electron chi connectivity index (χ2n) is 11.9. The minimum absolute atomic E-state index is 0.186. The lowest BCUT2D eigenvalue weighted by Crippen LogP contribution is -2.27. The molecule has 250 valence electrons. The number of unbranched alkanes of at least 4 members (excludes halogenated alkanes) is 17. The van der Waals surface area contributed by atoms with Crippen molar-refractivity contribution in [3.63, 3.8) is 0 Å². The third-order valence-corrected chi connectivity index (χ3v) is 7.64. The standard InChI is InChI=1S/C39H70O4/c1-3-5-7-9-11-13-15-17-18-19-20-21-23-25-27-29-31-33-35-42-37-38(36-40)43-39(41)34-32-30-28-26-24-22-16-14-12-10-8-6-4-2/h6,8,12,14,17-18,22,24,38,40H,3-5,7,9-11,13,15-16,19-21,23,25-37H2,1-2H3/b8-6-,14-12-,18-17-,24-22-. The molecule has 0 saturated carbocycles. The highest BCUT2D eigenvalue weighted by Crippen LogP contribution is 2.12. The van der Waals surface area contributed by atoms with E-state index in [0.717, 1.165) is 51.4 Å². The second-order valence-corrected chi connectivity index (χ2v) is 11.9. The lowest BCUT2D eigenvalue weighted by Gasteiger charge is -2.15. The Bertz CT molecular complexity index is 679. The van der Waals surface area contributed by atoms with E-state index in [1.807, 2.05) is 0 Å². The third kappa shape index (κ3) is 34.7. The lowest BCUT2D eigenvalue weighted by molar-refractivity contribution is -0.154. The first-order valence-corrected chi connectivity index (χ1v) is 18.2. The van der Waals surface area contributed by atoms with E-state index < -0.39 is 6.10 Å². The van der Waals surface area contributed by atoms with Crippen molar-refractivity contribution in [1.82, 2.24) is 0 Å². The minimum atomic E-state index is -0.550. The average molecular weight is 603 g/mol. The molecule has 4 nitrogen and oxygen atoms in total. The molecular weight excluding hydrogens is 532 g/mol. The van der Waals surface area contributed by atoms with Gasteiger partial charge in [-0.1, -0.05) is 140 Å². The van der Waals surface area contributed by atoms with Gasteiger partial charge in [0.25, 0.3) is 0 Å². The Kier molecular flexibility index (Phi) is 35.1. The van der Waals surface area contributed by atoms with Crippen LogP contribution < -0.4 is 0 Å². The maximum Gasteiger partial charge on any atom is 0.306 e. The van der Waals surface area contributed by atoms with Crippen LogP contribution in [0.15, 0.2) is 48.6 Å². The molecule has 0 rings (SSSR count). The first kappa shape index (κ1) is 41.4. The van der Waals surface area contributed by atoms with Gasteiger partial charge >= 0.3 is 5.97 Å². The Morgan fingerprint density at radius 2 is 1.05 bits per heavy atom. The second kappa shape index (κ2) is 36.5. The van der Waals surface area contributed by atoms with E-state index >= 15 is 0 Å². The number of hydrogen-bond acceptors (Lipinski definition) is 4. The molecular formula is C39H70O4. The van der Waals surface area contributed by atoms with Crippen LogP contribution in [0.4, 0.5) is 0 Å². The van der Waals surface area contributed by atoms with E-state index in [-0.39, 0.29) is 19.2 Å². The molecule has 1 unspecified atom stereocenters. The van der Waals surface area contributed by atoms with Crippen LogP contribution in [0.3, 0.4) is 0 Å². The van der Waals surface area contributed by atoms with E-state index in [1.54, 1.807) is 0 Å². The van der Waals surface area contributed by atoms with Crippen molar-refractivity contribution in [2.45, 2.75) is 174 Å². The summed E-state index contributed by atoms with van der Waals surface area (Å²) >= 11 is 0. The van der Waals surface area contributed by atoms with Crippen molar-refractivity contribution in [1.29, 1.82) is 0 Å². The smallest absolute Gasteiger partial charge is 0.306 e. The van der Waals surface area contributed by atoms with Crippen LogP contribution in [-0.4, -0.2) is 37.0 Å². The quantitative estimate of drug-likeness (QED) is 0.0461. The Morgan fingerprint density at radius 1 is 0.581 bits per heavy atom. The van der Waals surface area contributed by atoms with Crippen LogP contribution in [0.5, 0.6) is 0 Å². The summed E-state index contributed by atoms with van der Waals surface area (Å²) in [6.45, 7) is 5.18. The van der Waals surface area contributed by atoms with Crippen LogP contribution in [-0.2, 0) is 14.3 Å². The summed E-state index contributed by atoms with van der Waals surface area (Å²) < 4.78 is 11.1. The maximum absolute atomic E-state index is 12.1. The van der Waals surface area contributed by atoms with Gasteiger partial charge in [-0.05, 0) is 70.6 Å². The van der Waals surface area contributed by atoms with Crippen LogP contribution in [0.1, 0.15) is 168 Å². The molecule has 0 fully saturated rings. The molecule has 0 bridgehead atoms. The van der Waals surface area contributed by atoms with Crippen molar-refractivity contribution >= 4 is 5.97 Å². The first-order valence-electron chi connectivity index (χ1n) is 18.2.